The lowest BCUT2D eigenvalue weighted by atomic mass is 9.96. The van der Waals surface area contributed by atoms with Gasteiger partial charge in [-0.1, -0.05) is 56.4 Å². The zero-order chi connectivity index (χ0) is 17.6. The summed E-state index contributed by atoms with van der Waals surface area (Å²) in [6, 6.07) is 10.5. The van der Waals surface area contributed by atoms with Gasteiger partial charge in [-0.15, -0.1) is 0 Å². The fourth-order valence-corrected chi connectivity index (χ4v) is 4.12. The van der Waals surface area contributed by atoms with Crippen LogP contribution in [0.2, 0.25) is 0 Å². The van der Waals surface area contributed by atoms with E-state index in [2.05, 4.69) is 53.6 Å². The van der Waals surface area contributed by atoms with E-state index in [1.165, 1.54) is 29.7 Å². The highest BCUT2D eigenvalue weighted by Gasteiger charge is 2.19. The van der Waals surface area contributed by atoms with Crippen LogP contribution in [-0.2, 0) is 19.4 Å². The second kappa shape index (κ2) is 8.72. The van der Waals surface area contributed by atoms with E-state index in [1.807, 2.05) is 0 Å². The maximum Gasteiger partial charge on any atom is 0.141 e. The summed E-state index contributed by atoms with van der Waals surface area (Å²) in [4.78, 5) is 7.35. The predicted molar refractivity (Wildman–Crippen MR) is 108 cm³/mol. The SMILES string of the molecule is CCN(CC)CCCn1c(-c2ccccc2)nc(=S)c2c1CCCC2. The van der Waals surface area contributed by atoms with Crippen molar-refractivity contribution in [3.05, 3.63) is 46.2 Å². The summed E-state index contributed by atoms with van der Waals surface area (Å²) in [5.74, 6) is 1.05. The molecular formula is C21H29N3S. The van der Waals surface area contributed by atoms with Crippen LogP contribution >= 0.6 is 12.2 Å². The number of hydrogen-bond donors (Lipinski definition) is 0. The standard InChI is InChI=1S/C21H29N3S/c1-3-23(4-2)15-10-16-24-19-14-9-8-13-18(19)21(25)22-20(24)17-11-6-5-7-12-17/h5-7,11-12H,3-4,8-10,13-16H2,1-2H3. The van der Waals surface area contributed by atoms with E-state index in [0.717, 1.165) is 55.9 Å². The number of fused-ring (bicyclic) bond motifs is 1. The first kappa shape index (κ1) is 18.3. The molecule has 25 heavy (non-hydrogen) atoms. The first-order valence-corrected chi connectivity index (χ1v) is 10.1. The van der Waals surface area contributed by atoms with Crippen molar-refractivity contribution in [3.8, 4) is 11.4 Å². The lowest BCUT2D eigenvalue weighted by molar-refractivity contribution is 0.292. The van der Waals surface area contributed by atoms with Crippen molar-refractivity contribution < 1.29 is 0 Å². The maximum absolute atomic E-state index is 5.64. The molecule has 0 aliphatic heterocycles. The Labute approximate surface area is 156 Å². The Bertz CT molecular complexity index is 748. The average molecular weight is 356 g/mol. The van der Waals surface area contributed by atoms with Crippen LogP contribution in [0.1, 0.15) is 44.4 Å². The van der Waals surface area contributed by atoms with Crippen LogP contribution < -0.4 is 0 Å². The summed E-state index contributed by atoms with van der Waals surface area (Å²) in [5.41, 5.74) is 3.93. The Hall–Kier alpha value is -1.52. The summed E-state index contributed by atoms with van der Waals surface area (Å²) < 4.78 is 3.27. The molecule has 3 nitrogen and oxygen atoms in total. The van der Waals surface area contributed by atoms with Crippen LogP contribution in [-0.4, -0.2) is 34.1 Å². The Kier molecular flexibility index (Phi) is 6.38. The molecule has 0 unspecified atom stereocenters. The average Bonchev–Trinajstić information content (AvgIpc) is 2.67. The topological polar surface area (TPSA) is 21.1 Å². The molecule has 0 N–H and O–H groups in total. The Morgan fingerprint density at radius 2 is 1.80 bits per heavy atom. The number of hydrogen-bond acceptors (Lipinski definition) is 3. The molecule has 2 aromatic rings. The van der Waals surface area contributed by atoms with Crippen molar-refractivity contribution in [1.29, 1.82) is 0 Å². The third-order valence-corrected chi connectivity index (χ3v) is 5.61. The van der Waals surface area contributed by atoms with Crippen molar-refractivity contribution in [2.45, 2.75) is 52.5 Å². The molecule has 134 valence electrons. The molecule has 1 aromatic heterocycles. The molecule has 1 aliphatic rings. The summed E-state index contributed by atoms with van der Waals surface area (Å²) in [5, 5.41) is 0. The minimum Gasteiger partial charge on any atom is -0.329 e. The van der Waals surface area contributed by atoms with Crippen molar-refractivity contribution in [1.82, 2.24) is 14.5 Å². The van der Waals surface area contributed by atoms with E-state index in [-0.39, 0.29) is 0 Å². The Morgan fingerprint density at radius 3 is 2.52 bits per heavy atom. The van der Waals surface area contributed by atoms with Crippen LogP contribution in [0.25, 0.3) is 11.4 Å². The normalized spacial score (nSPS) is 13.9. The molecule has 0 fully saturated rings. The van der Waals surface area contributed by atoms with Gasteiger partial charge >= 0.3 is 0 Å². The zero-order valence-corrected chi connectivity index (χ0v) is 16.3. The minimum atomic E-state index is 0.813. The molecule has 4 heteroatoms. The third-order valence-electron chi connectivity index (χ3n) is 5.27. The van der Waals surface area contributed by atoms with E-state index >= 15 is 0 Å². The third kappa shape index (κ3) is 4.18. The van der Waals surface area contributed by atoms with Crippen LogP contribution in [0, 0.1) is 4.64 Å². The van der Waals surface area contributed by atoms with Gasteiger partial charge in [0.2, 0.25) is 0 Å². The molecule has 0 amide bonds. The Balaban J connectivity index is 1.97. The lowest BCUT2D eigenvalue weighted by Gasteiger charge is -2.25. The quantitative estimate of drug-likeness (QED) is 0.660. The fourth-order valence-electron chi connectivity index (χ4n) is 3.81. The van der Waals surface area contributed by atoms with Gasteiger partial charge < -0.3 is 9.47 Å². The van der Waals surface area contributed by atoms with Gasteiger partial charge in [0, 0.05) is 23.4 Å². The highest BCUT2D eigenvalue weighted by atomic mass is 32.1. The lowest BCUT2D eigenvalue weighted by Crippen LogP contribution is -2.26. The number of benzene rings is 1. The second-order valence-corrected chi connectivity index (χ2v) is 7.16. The summed E-state index contributed by atoms with van der Waals surface area (Å²) in [6.45, 7) is 8.87. The molecule has 3 rings (SSSR count). The predicted octanol–water partition coefficient (Wildman–Crippen LogP) is 4.89. The van der Waals surface area contributed by atoms with Gasteiger partial charge in [0.15, 0.2) is 0 Å². The molecule has 0 spiro atoms. The molecule has 0 saturated heterocycles. The molecule has 1 aliphatic carbocycles. The largest absolute Gasteiger partial charge is 0.329 e. The van der Waals surface area contributed by atoms with Gasteiger partial charge in [-0.2, -0.15) is 0 Å². The van der Waals surface area contributed by atoms with Crippen molar-refractivity contribution >= 4 is 12.2 Å². The molecule has 0 atom stereocenters. The molecule has 0 radical (unpaired) electrons. The first-order valence-electron chi connectivity index (χ1n) is 9.65. The van der Waals surface area contributed by atoms with Crippen molar-refractivity contribution in [2.24, 2.45) is 0 Å². The minimum absolute atomic E-state index is 0.813. The van der Waals surface area contributed by atoms with Gasteiger partial charge in [0.25, 0.3) is 0 Å². The van der Waals surface area contributed by atoms with Crippen molar-refractivity contribution in [2.75, 3.05) is 19.6 Å². The monoisotopic (exact) mass is 355 g/mol. The van der Waals surface area contributed by atoms with Crippen LogP contribution in [0.5, 0.6) is 0 Å². The van der Waals surface area contributed by atoms with Gasteiger partial charge in [-0.3, -0.25) is 0 Å². The molecule has 0 bridgehead atoms. The van der Waals surface area contributed by atoms with Crippen molar-refractivity contribution in [3.63, 3.8) is 0 Å². The van der Waals surface area contributed by atoms with Crippen LogP contribution in [0.15, 0.2) is 30.3 Å². The van der Waals surface area contributed by atoms with E-state index in [4.69, 9.17) is 17.2 Å². The highest BCUT2D eigenvalue weighted by molar-refractivity contribution is 7.71. The van der Waals surface area contributed by atoms with E-state index in [9.17, 15) is 0 Å². The Morgan fingerprint density at radius 1 is 1.08 bits per heavy atom. The number of aromatic nitrogens is 2. The summed E-state index contributed by atoms with van der Waals surface area (Å²) >= 11 is 5.64. The molecule has 1 aromatic carbocycles. The molecule has 1 heterocycles. The van der Waals surface area contributed by atoms with Crippen LogP contribution in [0.3, 0.4) is 0 Å². The number of rotatable bonds is 7. The smallest absolute Gasteiger partial charge is 0.141 e. The summed E-state index contributed by atoms with van der Waals surface area (Å²) in [6.07, 6.45) is 5.87. The van der Waals surface area contributed by atoms with Gasteiger partial charge in [-0.25, -0.2) is 4.98 Å². The molecular weight excluding hydrogens is 326 g/mol. The van der Waals surface area contributed by atoms with Gasteiger partial charge in [-0.05, 0) is 51.7 Å². The van der Waals surface area contributed by atoms with E-state index in [0.29, 0.717) is 0 Å². The fraction of sp³-hybridized carbons (Fsp3) is 0.524. The zero-order valence-electron chi connectivity index (χ0n) is 15.5. The highest BCUT2D eigenvalue weighted by Crippen LogP contribution is 2.27. The van der Waals surface area contributed by atoms with E-state index < -0.39 is 0 Å². The summed E-state index contributed by atoms with van der Waals surface area (Å²) in [7, 11) is 0. The number of nitrogens with zero attached hydrogens (tertiary/aromatic N) is 3. The first-order chi connectivity index (χ1) is 12.2. The van der Waals surface area contributed by atoms with Gasteiger partial charge in [0.05, 0.1) is 0 Å². The van der Waals surface area contributed by atoms with Gasteiger partial charge in [0.1, 0.15) is 10.5 Å². The second-order valence-electron chi connectivity index (χ2n) is 6.77. The maximum atomic E-state index is 5.64. The van der Waals surface area contributed by atoms with Crippen LogP contribution in [0.4, 0.5) is 0 Å². The van der Waals surface area contributed by atoms with E-state index in [1.54, 1.807) is 0 Å². The molecule has 0 saturated carbocycles.